The second kappa shape index (κ2) is 3.66. The van der Waals surface area contributed by atoms with Gasteiger partial charge < -0.3 is 9.47 Å². The van der Waals surface area contributed by atoms with Gasteiger partial charge in [-0.15, -0.1) is 0 Å². The highest BCUT2D eigenvalue weighted by molar-refractivity contribution is 14.1. The van der Waals surface area contributed by atoms with Gasteiger partial charge in [-0.25, -0.2) is 6.23 Å². The van der Waals surface area contributed by atoms with Crippen molar-refractivity contribution in [2.45, 2.75) is 42.7 Å². The quantitative estimate of drug-likeness (QED) is 0.448. The van der Waals surface area contributed by atoms with Crippen LogP contribution in [0, 0.1) is 0 Å². The third kappa shape index (κ3) is 1.29. The summed E-state index contributed by atoms with van der Waals surface area (Å²) in [5, 5.41) is 0. The fourth-order valence-corrected chi connectivity index (χ4v) is 6.09. The average molecular weight is 448 g/mol. The zero-order valence-corrected chi connectivity index (χ0v) is 13.1. The topological polar surface area (TPSA) is 24.9 Å². The van der Waals surface area contributed by atoms with Gasteiger partial charge in [0.05, 0.1) is 37.0 Å². The average Bonchev–Trinajstić information content (AvgIpc) is 2.94. The molecule has 0 saturated carbocycles. The minimum absolute atomic E-state index is 0.215. The normalized spacial score (nSPS) is 56.6. The Morgan fingerprint density at radius 1 is 1.25 bits per heavy atom. The van der Waals surface area contributed by atoms with Crippen LogP contribution >= 0.6 is 45.7 Å². The number of ether oxygens (including phenoxy) is 2. The van der Waals surface area contributed by atoms with E-state index in [-0.39, 0.29) is 5.54 Å². The van der Waals surface area contributed by atoms with Crippen LogP contribution in [0.5, 0.6) is 0 Å². The molecule has 1 unspecified atom stereocenters. The molecule has 5 atom stereocenters. The maximum absolute atomic E-state index is 5.91. The third-order valence-electron chi connectivity index (χ3n) is 4.52. The van der Waals surface area contributed by atoms with Gasteiger partial charge in [0, 0.05) is 58.3 Å². The van der Waals surface area contributed by atoms with Gasteiger partial charge in [-0.2, -0.15) is 0 Å². The lowest BCUT2D eigenvalue weighted by molar-refractivity contribution is -0.0403. The second-order valence-electron chi connectivity index (χ2n) is 5.34. The van der Waals surface area contributed by atoms with Crippen molar-refractivity contribution >= 4 is 45.7 Å². The Hall–Kier alpha value is 1.30. The molecule has 90 valence electrons. The van der Waals surface area contributed by atoms with Gasteiger partial charge in [-0.1, -0.05) is 0 Å². The molecule has 4 heterocycles. The van der Waals surface area contributed by atoms with Gasteiger partial charge in [0.15, 0.2) is 0 Å². The van der Waals surface area contributed by atoms with Crippen molar-refractivity contribution in [3.8, 4) is 0 Å². The molecule has 4 fully saturated rings. The highest BCUT2D eigenvalue weighted by Gasteiger charge is 2.63. The molecule has 0 N–H and O–H groups in total. The van der Waals surface area contributed by atoms with Crippen molar-refractivity contribution in [3.05, 3.63) is 0 Å². The van der Waals surface area contributed by atoms with E-state index in [0.717, 1.165) is 19.8 Å². The monoisotopic (exact) mass is 448 g/mol. The van der Waals surface area contributed by atoms with Gasteiger partial charge in [0.2, 0.25) is 0 Å². The lowest BCUT2D eigenvalue weighted by Gasteiger charge is -2.45. The molecular formula is C10H14I2N2O2. The van der Waals surface area contributed by atoms with Crippen molar-refractivity contribution in [2.24, 2.45) is 0 Å². The van der Waals surface area contributed by atoms with Gasteiger partial charge in [-0.05, 0) is 12.8 Å². The summed E-state index contributed by atoms with van der Waals surface area (Å²) in [5.74, 6) is 0. The number of rotatable bonds is 1. The van der Waals surface area contributed by atoms with Crippen LogP contribution < -0.4 is 0 Å². The van der Waals surface area contributed by atoms with Crippen molar-refractivity contribution in [1.29, 1.82) is 0 Å². The minimum atomic E-state index is 0.215. The first kappa shape index (κ1) is 11.2. The summed E-state index contributed by atoms with van der Waals surface area (Å²) >= 11 is 4.99. The Kier molecular flexibility index (Phi) is 2.55. The smallest absolute Gasteiger partial charge is 0.0774 e. The lowest BCUT2D eigenvalue weighted by atomic mass is 9.88. The van der Waals surface area contributed by atoms with Crippen LogP contribution in [-0.4, -0.2) is 55.8 Å². The SMILES string of the molecule is IN1C([C@]23CO[C@H](CN2I)C3)[C@H]2C[C@@H]1CO2. The highest BCUT2D eigenvalue weighted by Crippen LogP contribution is 2.51. The summed E-state index contributed by atoms with van der Waals surface area (Å²) in [7, 11) is 0. The largest absolute Gasteiger partial charge is 0.375 e. The number of fused-ring (bicyclic) bond motifs is 4. The van der Waals surface area contributed by atoms with E-state index < -0.39 is 0 Å². The van der Waals surface area contributed by atoms with E-state index in [2.05, 4.69) is 52.0 Å². The molecule has 4 bridgehead atoms. The molecule has 0 radical (unpaired) electrons. The molecule has 4 aliphatic heterocycles. The van der Waals surface area contributed by atoms with Crippen molar-refractivity contribution in [3.63, 3.8) is 0 Å². The fraction of sp³-hybridized carbons (Fsp3) is 1.00. The van der Waals surface area contributed by atoms with Crippen LogP contribution in [0.15, 0.2) is 0 Å². The molecule has 4 rings (SSSR count). The molecule has 0 aromatic heterocycles. The Morgan fingerprint density at radius 3 is 2.69 bits per heavy atom. The van der Waals surface area contributed by atoms with E-state index >= 15 is 0 Å². The van der Waals surface area contributed by atoms with Gasteiger partial charge >= 0.3 is 0 Å². The maximum Gasteiger partial charge on any atom is 0.0774 e. The molecule has 0 amide bonds. The number of morpholine rings is 2. The number of hydrogen-bond donors (Lipinski definition) is 0. The van der Waals surface area contributed by atoms with E-state index in [1.54, 1.807) is 0 Å². The van der Waals surface area contributed by atoms with E-state index in [4.69, 9.17) is 9.47 Å². The Morgan fingerprint density at radius 2 is 2.12 bits per heavy atom. The number of halogens is 2. The lowest BCUT2D eigenvalue weighted by Crippen LogP contribution is -2.60. The molecule has 0 aliphatic carbocycles. The molecule has 0 aromatic rings. The zero-order chi connectivity index (χ0) is 10.9. The van der Waals surface area contributed by atoms with Gasteiger partial charge in [0.25, 0.3) is 0 Å². The van der Waals surface area contributed by atoms with Crippen LogP contribution in [0.1, 0.15) is 12.8 Å². The van der Waals surface area contributed by atoms with Gasteiger partial charge in [0.1, 0.15) is 0 Å². The van der Waals surface area contributed by atoms with Crippen LogP contribution in [0.4, 0.5) is 0 Å². The standard InChI is InChI=1S/C10H14I2N2O2/c11-13-3-7-2-10(13,5-16-7)9-8-1-6(4-15-8)14(9)12/h6-9H,1-5H2/t6-,7+,8-,9?,10+/m1/s1. The first-order valence-corrected chi connectivity index (χ1v) is 7.74. The molecule has 6 heteroatoms. The number of hydrogen-bond acceptors (Lipinski definition) is 4. The third-order valence-corrected chi connectivity index (χ3v) is 7.26. The predicted molar refractivity (Wildman–Crippen MR) is 75.6 cm³/mol. The zero-order valence-electron chi connectivity index (χ0n) is 8.81. The summed E-state index contributed by atoms with van der Waals surface area (Å²) in [5.41, 5.74) is 0.215. The summed E-state index contributed by atoms with van der Waals surface area (Å²) in [6.45, 7) is 2.89. The molecule has 4 aliphatic rings. The maximum atomic E-state index is 5.91. The van der Waals surface area contributed by atoms with Crippen LogP contribution in [0.25, 0.3) is 0 Å². The minimum Gasteiger partial charge on any atom is -0.375 e. The molecule has 16 heavy (non-hydrogen) atoms. The molecule has 0 aromatic carbocycles. The van der Waals surface area contributed by atoms with Crippen molar-refractivity contribution < 1.29 is 9.47 Å². The molecule has 0 spiro atoms. The Labute approximate surface area is 123 Å². The molecule has 4 saturated heterocycles. The number of nitrogens with zero attached hydrogens (tertiary/aromatic N) is 2. The fourth-order valence-electron chi connectivity index (χ4n) is 3.76. The summed E-state index contributed by atoms with van der Waals surface area (Å²) in [6.07, 6.45) is 3.29. The first-order chi connectivity index (χ1) is 7.71. The van der Waals surface area contributed by atoms with Gasteiger partial charge in [-0.3, -0.25) is 0 Å². The van der Waals surface area contributed by atoms with Crippen LogP contribution in [0.2, 0.25) is 0 Å². The van der Waals surface area contributed by atoms with E-state index in [0.29, 0.717) is 24.3 Å². The second-order valence-corrected chi connectivity index (χ2v) is 7.61. The Balaban J connectivity index is 1.70. The Bertz CT molecular complexity index is 330. The molecule has 4 nitrogen and oxygen atoms in total. The van der Waals surface area contributed by atoms with Crippen molar-refractivity contribution in [2.75, 3.05) is 19.8 Å². The van der Waals surface area contributed by atoms with E-state index in [9.17, 15) is 0 Å². The summed E-state index contributed by atoms with van der Waals surface area (Å²) in [6, 6.07) is 1.16. The summed E-state index contributed by atoms with van der Waals surface area (Å²) < 4.78 is 16.8. The predicted octanol–water partition coefficient (Wildman–Crippen LogP) is 1.37. The molecular weight excluding hydrogens is 434 g/mol. The highest BCUT2D eigenvalue weighted by atomic mass is 127. The summed E-state index contributed by atoms with van der Waals surface area (Å²) in [4.78, 5) is 0. The van der Waals surface area contributed by atoms with Crippen LogP contribution in [0.3, 0.4) is 0 Å². The van der Waals surface area contributed by atoms with Crippen molar-refractivity contribution in [1.82, 2.24) is 6.23 Å². The van der Waals surface area contributed by atoms with E-state index in [1.165, 1.54) is 12.8 Å². The van der Waals surface area contributed by atoms with E-state index in [1.807, 2.05) is 0 Å². The van der Waals surface area contributed by atoms with Crippen LogP contribution in [-0.2, 0) is 9.47 Å². The first-order valence-electron chi connectivity index (χ1n) is 5.81.